The van der Waals surface area contributed by atoms with Crippen molar-refractivity contribution in [1.29, 1.82) is 0 Å². The van der Waals surface area contributed by atoms with Gasteiger partial charge >= 0.3 is 0 Å². The number of anilines is 1. The van der Waals surface area contributed by atoms with Gasteiger partial charge in [0.15, 0.2) is 5.82 Å². The zero-order valence-corrected chi connectivity index (χ0v) is 12.4. The summed E-state index contributed by atoms with van der Waals surface area (Å²) in [7, 11) is 0. The van der Waals surface area contributed by atoms with Crippen LogP contribution in [0.2, 0.25) is 0 Å². The average Bonchev–Trinajstić information content (AvgIpc) is 2.96. The molecule has 0 radical (unpaired) electrons. The van der Waals surface area contributed by atoms with Gasteiger partial charge < -0.3 is 9.84 Å². The van der Waals surface area contributed by atoms with E-state index in [1.807, 2.05) is 43.3 Å². The van der Waals surface area contributed by atoms with Crippen LogP contribution in [0.4, 0.5) is 5.95 Å². The predicted octanol–water partition coefficient (Wildman–Crippen LogP) is 2.41. The zero-order chi connectivity index (χ0) is 15.2. The normalized spacial score (nSPS) is 10.6. The molecule has 6 nitrogen and oxygen atoms in total. The van der Waals surface area contributed by atoms with Crippen molar-refractivity contribution in [2.24, 2.45) is 0 Å². The van der Waals surface area contributed by atoms with E-state index in [1.54, 1.807) is 6.20 Å². The first-order valence-corrected chi connectivity index (χ1v) is 7.18. The molecule has 0 aliphatic heterocycles. The molecule has 2 heterocycles. The average molecular weight is 295 g/mol. The fourth-order valence-electron chi connectivity index (χ4n) is 2.06. The lowest BCUT2D eigenvalue weighted by atomic mass is 10.1. The molecule has 1 N–H and O–H groups in total. The Labute approximate surface area is 128 Å². The van der Waals surface area contributed by atoms with E-state index in [4.69, 9.17) is 4.52 Å². The summed E-state index contributed by atoms with van der Waals surface area (Å²) < 4.78 is 5.26. The van der Waals surface area contributed by atoms with Crippen LogP contribution in [0.5, 0.6) is 0 Å². The van der Waals surface area contributed by atoms with Crippen LogP contribution in [-0.4, -0.2) is 26.7 Å². The van der Waals surface area contributed by atoms with Crippen molar-refractivity contribution in [2.45, 2.75) is 19.8 Å². The minimum absolute atomic E-state index is 0.615. The molecule has 22 heavy (non-hydrogen) atoms. The van der Waals surface area contributed by atoms with Crippen LogP contribution < -0.4 is 5.32 Å². The Morgan fingerprint density at radius 3 is 2.77 bits per heavy atom. The van der Waals surface area contributed by atoms with Gasteiger partial charge in [-0.3, -0.25) is 0 Å². The van der Waals surface area contributed by atoms with Gasteiger partial charge in [0.2, 0.25) is 11.8 Å². The fourth-order valence-corrected chi connectivity index (χ4v) is 2.06. The van der Waals surface area contributed by atoms with Crippen molar-refractivity contribution in [2.75, 3.05) is 11.9 Å². The third kappa shape index (κ3) is 3.88. The molecule has 0 saturated heterocycles. The van der Waals surface area contributed by atoms with E-state index < -0.39 is 0 Å². The first kappa shape index (κ1) is 14.2. The maximum absolute atomic E-state index is 5.26. The largest absolute Gasteiger partial charge is 0.354 e. The molecule has 1 aromatic carbocycles. The lowest BCUT2D eigenvalue weighted by Gasteiger charge is -2.02. The minimum Gasteiger partial charge on any atom is -0.354 e. The van der Waals surface area contributed by atoms with Crippen LogP contribution in [0.3, 0.4) is 0 Å². The summed E-state index contributed by atoms with van der Waals surface area (Å²) in [5, 5.41) is 7.15. The Kier molecular flexibility index (Phi) is 4.38. The van der Waals surface area contributed by atoms with Gasteiger partial charge in [-0.25, -0.2) is 9.97 Å². The van der Waals surface area contributed by atoms with Crippen LogP contribution in [0.15, 0.2) is 47.1 Å². The number of nitrogens with one attached hydrogen (secondary N) is 1. The Hall–Kier alpha value is -2.76. The number of nitrogens with zero attached hydrogens (tertiary/aromatic N) is 4. The Morgan fingerprint density at radius 2 is 1.95 bits per heavy atom. The summed E-state index contributed by atoms with van der Waals surface area (Å²) in [6, 6.07) is 12.0. The van der Waals surface area contributed by atoms with Gasteiger partial charge in [0.1, 0.15) is 0 Å². The minimum atomic E-state index is 0.615. The standard InChI is InChI=1S/C16H17N5O/c1-12-7-9-17-16(19-12)18-10-8-15-20-14(21-22-15)11-13-5-3-2-4-6-13/h2-7,9H,8,10-11H2,1H3,(H,17,18,19). The molecule has 0 fully saturated rings. The zero-order valence-electron chi connectivity index (χ0n) is 12.4. The first-order chi connectivity index (χ1) is 10.8. The van der Waals surface area contributed by atoms with Crippen LogP contribution in [0, 0.1) is 6.92 Å². The van der Waals surface area contributed by atoms with Gasteiger partial charge in [0.05, 0.1) is 0 Å². The molecule has 3 rings (SSSR count). The molecule has 6 heteroatoms. The summed E-state index contributed by atoms with van der Waals surface area (Å²) >= 11 is 0. The highest BCUT2D eigenvalue weighted by Gasteiger charge is 2.07. The molecule has 3 aromatic rings. The second kappa shape index (κ2) is 6.80. The van der Waals surface area contributed by atoms with E-state index in [-0.39, 0.29) is 0 Å². The predicted molar refractivity (Wildman–Crippen MR) is 82.5 cm³/mol. The molecule has 0 aliphatic carbocycles. The van der Waals surface area contributed by atoms with Gasteiger partial charge in [0, 0.05) is 31.3 Å². The quantitative estimate of drug-likeness (QED) is 0.752. The lowest BCUT2D eigenvalue weighted by molar-refractivity contribution is 0.376. The van der Waals surface area contributed by atoms with Crippen LogP contribution in [-0.2, 0) is 12.8 Å². The van der Waals surface area contributed by atoms with Gasteiger partial charge in [-0.15, -0.1) is 0 Å². The molecule has 0 bridgehead atoms. The van der Waals surface area contributed by atoms with Crippen molar-refractivity contribution < 1.29 is 4.52 Å². The molecule has 112 valence electrons. The van der Waals surface area contributed by atoms with E-state index in [0.29, 0.717) is 37.0 Å². The molecular formula is C16H17N5O. The monoisotopic (exact) mass is 295 g/mol. The summed E-state index contributed by atoms with van der Waals surface area (Å²) in [6.07, 6.45) is 3.05. The number of aryl methyl sites for hydroxylation is 1. The molecule has 0 amide bonds. The maximum atomic E-state index is 5.26. The summed E-state index contributed by atoms with van der Waals surface area (Å²) in [6.45, 7) is 2.58. The van der Waals surface area contributed by atoms with Gasteiger partial charge in [-0.2, -0.15) is 4.98 Å². The van der Waals surface area contributed by atoms with Crippen LogP contribution in [0.1, 0.15) is 23.0 Å². The van der Waals surface area contributed by atoms with Crippen molar-refractivity contribution in [3.63, 3.8) is 0 Å². The number of hydrogen-bond donors (Lipinski definition) is 1. The third-order valence-corrected chi connectivity index (χ3v) is 3.13. The smallest absolute Gasteiger partial charge is 0.228 e. The number of hydrogen-bond acceptors (Lipinski definition) is 6. The van der Waals surface area contributed by atoms with Gasteiger partial charge in [-0.05, 0) is 18.6 Å². The van der Waals surface area contributed by atoms with E-state index in [1.165, 1.54) is 5.56 Å². The van der Waals surface area contributed by atoms with E-state index in [0.717, 1.165) is 5.69 Å². The Morgan fingerprint density at radius 1 is 1.09 bits per heavy atom. The van der Waals surface area contributed by atoms with Gasteiger partial charge in [-0.1, -0.05) is 35.5 Å². The molecule has 0 aliphatic rings. The number of rotatable bonds is 6. The molecular weight excluding hydrogens is 278 g/mol. The summed E-state index contributed by atoms with van der Waals surface area (Å²) in [5.74, 6) is 1.93. The SMILES string of the molecule is Cc1ccnc(NCCc2nc(Cc3ccccc3)no2)n1. The molecule has 0 spiro atoms. The van der Waals surface area contributed by atoms with Crippen molar-refractivity contribution in [3.8, 4) is 0 Å². The highest BCUT2D eigenvalue weighted by Crippen LogP contribution is 2.07. The lowest BCUT2D eigenvalue weighted by Crippen LogP contribution is -2.08. The Bertz CT molecular complexity index is 726. The van der Waals surface area contributed by atoms with Crippen LogP contribution in [0.25, 0.3) is 0 Å². The molecule has 2 aromatic heterocycles. The highest BCUT2D eigenvalue weighted by molar-refractivity contribution is 5.24. The Balaban J connectivity index is 1.51. The number of aromatic nitrogens is 4. The van der Waals surface area contributed by atoms with Crippen molar-refractivity contribution in [1.82, 2.24) is 20.1 Å². The third-order valence-electron chi connectivity index (χ3n) is 3.13. The van der Waals surface area contributed by atoms with Gasteiger partial charge in [0.25, 0.3) is 0 Å². The summed E-state index contributed by atoms with van der Waals surface area (Å²) in [5.41, 5.74) is 2.10. The van der Waals surface area contributed by atoms with Crippen LogP contribution >= 0.6 is 0 Å². The van der Waals surface area contributed by atoms with E-state index in [2.05, 4.69) is 25.4 Å². The highest BCUT2D eigenvalue weighted by atomic mass is 16.5. The van der Waals surface area contributed by atoms with E-state index in [9.17, 15) is 0 Å². The second-order valence-electron chi connectivity index (χ2n) is 4.97. The first-order valence-electron chi connectivity index (χ1n) is 7.18. The summed E-state index contributed by atoms with van der Waals surface area (Å²) in [4.78, 5) is 12.8. The molecule has 0 saturated carbocycles. The fraction of sp³-hybridized carbons (Fsp3) is 0.250. The number of benzene rings is 1. The molecule has 0 atom stereocenters. The second-order valence-corrected chi connectivity index (χ2v) is 4.97. The topological polar surface area (TPSA) is 76.7 Å². The molecule has 0 unspecified atom stereocenters. The maximum Gasteiger partial charge on any atom is 0.228 e. The van der Waals surface area contributed by atoms with E-state index >= 15 is 0 Å². The van der Waals surface area contributed by atoms with Crippen molar-refractivity contribution in [3.05, 3.63) is 65.6 Å². The van der Waals surface area contributed by atoms with Crippen molar-refractivity contribution >= 4 is 5.95 Å².